The number of ether oxygens (including phenoxy) is 2. The summed E-state index contributed by atoms with van der Waals surface area (Å²) in [5.41, 5.74) is 3.27. The molecule has 0 saturated carbocycles. The minimum absolute atomic E-state index is 0.00567. The summed E-state index contributed by atoms with van der Waals surface area (Å²) in [6, 6.07) is 5.46. The molecule has 0 amide bonds. The van der Waals surface area contributed by atoms with Crippen LogP contribution in [0.1, 0.15) is 19.4 Å². The van der Waals surface area contributed by atoms with Crippen LogP contribution in [0.2, 0.25) is 5.02 Å². The van der Waals surface area contributed by atoms with Crippen LogP contribution in [0.25, 0.3) is 0 Å². The highest BCUT2D eigenvalue weighted by Crippen LogP contribution is 2.24. The number of benzene rings is 1. The number of hydrogen-bond acceptors (Lipinski definition) is 6. The SMILES string of the molecule is CCOc1ccc(/C=N\Nc2cn[nH]c(=O)c2Cl)c(OCC)c1. The molecule has 2 aromatic rings. The van der Waals surface area contributed by atoms with Gasteiger partial charge in [-0.2, -0.15) is 10.2 Å². The zero-order valence-electron chi connectivity index (χ0n) is 12.8. The smallest absolute Gasteiger partial charge is 0.285 e. The van der Waals surface area contributed by atoms with Crippen LogP contribution in [-0.4, -0.2) is 29.6 Å². The molecule has 8 heteroatoms. The molecule has 0 atom stereocenters. The third-order valence-corrected chi connectivity index (χ3v) is 3.16. The first-order valence-electron chi connectivity index (χ1n) is 7.07. The Kier molecular flexibility index (Phi) is 5.99. The van der Waals surface area contributed by atoms with Crippen LogP contribution >= 0.6 is 11.6 Å². The Morgan fingerprint density at radius 1 is 1.35 bits per heavy atom. The maximum Gasteiger partial charge on any atom is 0.285 e. The Morgan fingerprint density at radius 3 is 2.87 bits per heavy atom. The summed E-state index contributed by atoms with van der Waals surface area (Å²) >= 11 is 5.85. The molecule has 1 aromatic heterocycles. The van der Waals surface area contributed by atoms with Crippen LogP contribution in [0.5, 0.6) is 11.5 Å². The van der Waals surface area contributed by atoms with Crippen molar-refractivity contribution in [2.45, 2.75) is 13.8 Å². The molecule has 0 radical (unpaired) electrons. The number of halogens is 1. The van der Waals surface area contributed by atoms with Gasteiger partial charge in [0.2, 0.25) is 0 Å². The molecule has 23 heavy (non-hydrogen) atoms. The van der Waals surface area contributed by atoms with Gasteiger partial charge in [-0.15, -0.1) is 0 Å². The minimum atomic E-state index is -0.483. The number of aromatic amines is 1. The van der Waals surface area contributed by atoms with Crippen molar-refractivity contribution in [1.82, 2.24) is 10.2 Å². The van der Waals surface area contributed by atoms with E-state index in [9.17, 15) is 4.79 Å². The van der Waals surface area contributed by atoms with Gasteiger partial charge in [0, 0.05) is 11.6 Å². The third kappa shape index (κ3) is 4.46. The monoisotopic (exact) mass is 336 g/mol. The van der Waals surface area contributed by atoms with E-state index in [1.54, 1.807) is 12.3 Å². The zero-order chi connectivity index (χ0) is 16.7. The van der Waals surface area contributed by atoms with Crippen molar-refractivity contribution >= 4 is 23.5 Å². The number of aromatic nitrogens is 2. The Morgan fingerprint density at radius 2 is 2.13 bits per heavy atom. The average molecular weight is 337 g/mol. The maximum atomic E-state index is 11.3. The molecular weight excluding hydrogens is 320 g/mol. The van der Waals surface area contributed by atoms with Crippen molar-refractivity contribution in [3.05, 3.63) is 45.3 Å². The summed E-state index contributed by atoms with van der Waals surface area (Å²) in [4.78, 5) is 11.3. The first-order valence-corrected chi connectivity index (χ1v) is 7.45. The fourth-order valence-electron chi connectivity index (χ4n) is 1.79. The lowest BCUT2D eigenvalue weighted by molar-refractivity contribution is 0.323. The van der Waals surface area contributed by atoms with Crippen LogP contribution in [0.15, 0.2) is 34.3 Å². The molecule has 7 nitrogen and oxygen atoms in total. The number of H-pyrrole nitrogens is 1. The summed E-state index contributed by atoms with van der Waals surface area (Å²) in [5, 5.41) is 9.93. The van der Waals surface area contributed by atoms with E-state index in [4.69, 9.17) is 21.1 Å². The second-order valence-corrected chi connectivity index (χ2v) is 4.74. The summed E-state index contributed by atoms with van der Waals surface area (Å²) in [5.74, 6) is 1.38. The quantitative estimate of drug-likeness (QED) is 0.599. The summed E-state index contributed by atoms with van der Waals surface area (Å²) in [6.45, 7) is 4.91. The van der Waals surface area contributed by atoms with E-state index < -0.39 is 5.56 Å². The molecule has 0 aliphatic rings. The lowest BCUT2D eigenvalue weighted by Gasteiger charge is -2.10. The Bertz CT molecular complexity index is 746. The van der Waals surface area contributed by atoms with E-state index in [1.165, 1.54) is 6.20 Å². The van der Waals surface area contributed by atoms with Gasteiger partial charge in [0.1, 0.15) is 22.2 Å². The second kappa shape index (κ2) is 8.19. The highest BCUT2D eigenvalue weighted by atomic mass is 35.5. The number of rotatable bonds is 7. The predicted molar refractivity (Wildman–Crippen MR) is 89.9 cm³/mol. The van der Waals surface area contributed by atoms with Gasteiger partial charge in [0.05, 0.1) is 25.6 Å². The number of nitrogens with one attached hydrogen (secondary N) is 2. The summed E-state index contributed by atoms with van der Waals surface area (Å²) < 4.78 is 11.0. The van der Waals surface area contributed by atoms with Gasteiger partial charge in [-0.05, 0) is 26.0 Å². The van der Waals surface area contributed by atoms with Crippen LogP contribution in [0.4, 0.5) is 5.69 Å². The van der Waals surface area contributed by atoms with Gasteiger partial charge in [0.15, 0.2) is 0 Å². The maximum absolute atomic E-state index is 11.3. The first kappa shape index (κ1) is 16.8. The van der Waals surface area contributed by atoms with Crippen molar-refractivity contribution in [2.75, 3.05) is 18.6 Å². The van der Waals surface area contributed by atoms with Gasteiger partial charge < -0.3 is 9.47 Å². The summed E-state index contributed by atoms with van der Waals surface area (Å²) in [7, 11) is 0. The van der Waals surface area contributed by atoms with E-state index >= 15 is 0 Å². The van der Waals surface area contributed by atoms with E-state index in [0.29, 0.717) is 24.7 Å². The molecule has 0 saturated heterocycles. The molecular formula is C15H17ClN4O3. The normalized spacial score (nSPS) is 10.7. The number of hydrazone groups is 1. The van der Waals surface area contributed by atoms with E-state index in [0.717, 1.165) is 11.3 Å². The first-order chi connectivity index (χ1) is 11.2. The molecule has 122 valence electrons. The zero-order valence-corrected chi connectivity index (χ0v) is 13.6. The van der Waals surface area contributed by atoms with Crippen molar-refractivity contribution in [2.24, 2.45) is 5.10 Å². The molecule has 0 aliphatic heterocycles. The molecule has 1 aromatic carbocycles. The van der Waals surface area contributed by atoms with Crippen LogP contribution in [0.3, 0.4) is 0 Å². The average Bonchev–Trinajstić information content (AvgIpc) is 2.54. The molecule has 0 aliphatic carbocycles. The second-order valence-electron chi connectivity index (χ2n) is 4.36. The number of anilines is 1. The van der Waals surface area contributed by atoms with Crippen molar-refractivity contribution in [1.29, 1.82) is 0 Å². The minimum Gasteiger partial charge on any atom is -0.494 e. The summed E-state index contributed by atoms with van der Waals surface area (Å²) in [6.07, 6.45) is 2.95. The highest BCUT2D eigenvalue weighted by Gasteiger charge is 2.05. The van der Waals surface area contributed by atoms with Gasteiger partial charge in [-0.1, -0.05) is 11.6 Å². The van der Waals surface area contributed by atoms with Gasteiger partial charge in [-0.3, -0.25) is 10.2 Å². The van der Waals surface area contributed by atoms with Crippen molar-refractivity contribution < 1.29 is 9.47 Å². The lowest BCUT2D eigenvalue weighted by Crippen LogP contribution is -2.10. The largest absolute Gasteiger partial charge is 0.494 e. The van der Waals surface area contributed by atoms with Gasteiger partial charge in [-0.25, -0.2) is 5.10 Å². The van der Waals surface area contributed by atoms with Crippen LogP contribution in [-0.2, 0) is 0 Å². The Labute approximate surface area is 138 Å². The van der Waals surface area contributed by atoms with Crippen LogP contribution < -0.4 is 20.5 Å². The fourth-order valence-corrected chi connectivity index (χ4v) is 1.92. The predicted octanol–water partition coefficient (Wildman–Crippen LogP) is 2.67. The van der Waals surface area contributed by atoms with E-state index in [-0.39, 0.29) is 5.02 Å². The van der Waals surface area contributed by atoms with Crippen molar-refractivity contribution in [3.63, 3.8) is 0 Å². The fraction of sp³-hybridized carbons (Fsp3) is 0.267. The van der Waals surface area contributed by atoms with Crippen LogP contribution in [0, 0.1) is 0 Å². The Balaban J connectivity index is 2.18. The Hall–Kier alpha value is -2.54. The number of hydrogen-bond donors (Lipinski definition) is 2. The highest BCUT2D eigenvalue weighted by molar-refractivity contribution is 6.32. The molecule has 0 bridgehead atoms. The third-order valence-electron chi connectivity index (χ3n) is 2.78. The number of nitrogens with zero attached hydrogens (tertiary/aromatic N) is 2. The standard InChI is InChI=1S/C15H17ClN4O3/c1-3-22-11-6-5-10(13(7-11)23-4-2)8-17-19-12-9-18-20-15(21)14(12)16/h5-9H,3-4H2,1-2H3,(H2,19,20,21)/b17-8-. The molecule has 0 fully saturated rings. The van der Waals surface area contributed by atoms with Gasteiger partial charge >= 0.3 is 0 Å². The molecule has 2 N–H and O–H groups in total. The molecule has 2 rings (SSSR count). The van der Waals surface area contributed by atoms with E-state index in [1.807, 2.05) is 26.0 Å². The molecule has 0 spiro atoms. The van der Waals surface area contributed by atoms with Gasteiger partial charge in [0.25, 0.3) is 5.56 Å². The molecule has 1 heterocycles. The molecule has 0 unspecified atom stereocenters. The van der Waals surface area contributed by atoms with E-state index in [2.05, 4.69) is 20.7 Å². The lowest BCUT2D eigenvalue weighted by atomic mass is 10.2. The topological polar surface area (TPSA) is 88.6 Å². The van der Waals surface area contributed by atoms with Crippen molar-refractivity contribution in [3.8, 4) is 11.5 Å².